The van der Waals surface area contributed by atoms with Gasteiger partial charge in [0.2, 0.25) is 6.08 Å². The minimum Gasteiger partial charge on any atom is -0.386 e. The van der Waals surface area contributed by atoms with Gasteiger partial charge in [0.15, 0.2) is 0 Å². The number of isocyanates is 1. The van der Waals surface area contributed by atoms with Crippen LogP contribution in [0.4, 0.5) is 0 Å². The highest BCUT2D eigenvalue weighted by Crippen LogP contribution is 2.47. The molecule has 0 unspecified atom stereocenters. The van der Waals surface area contributed by atoms with E-state index in [-0.39, 0.29) is 0 Å². The Morgan fingerprint density at radius 3 is 2.47 bits per heavy atom. The summed E-state index contributed by atoms with van der Waals surface area (Å²) < 4.78 is 0. The summed E-state index contributed by atoms with van der Waals surface area (Å²) in [6, 6.07) is 7.67. The highest BCUT2D eigenvalue weighted by atomic mass is 16.3. The fourth-order valence-electron chi connectivity index (χ4n) is 2.46. The monoisotopic (exact) mass is 231 g/mol. The van der Waals surface area contributed by atoms with Crippen LogP contribution in [0.3, 0.4) is 0 Å². The number of hydrogen-bond acceptors (Lipinski definition) is 3. The molecule has 1 N–H and O–H groups in total. The number of carbonyl (C=O) groups excluding carboxylic acids is 1. The summed E-state index contributed by atoms with van der Waals surface area (Å²) in [5.41, 5.74) is 0.441. The van der Waals surface area contributed by atoms with Crippen LogP contribution in [0.5, 0.6) is 0 Å². The van der Waals surface area contributed by atoms with Gasteiger partial charge in [-0.1, -0.05) is 24.3 Å². The van der Waals surface area contributed by atoms with Gasteiger partial charge >= 0.3 is 0 Å². The maximum absolute atomic E-state index is 10.6. The fraction of sp³-hybridized carbons (Fsp3) is 0.500. The molecule has 0 saturated heterocycles. The van der Waals surface area contributed by atoms with Crippen LogP contribution in [0.1, 0.15) is 44.2 Å². The van der Waals surface area contributed by atoms with Crippen molar-refractivity contribution in [3.8, 4) is 0 Å². The van der Waals surface area contributed by atoms with E-state index in [2.05, 4.69) is 4.99 Å². The molecule has 0 aromatic heterocycles. The van der Waals surface area contributed by atoms with Crippen molar-refractivity contribution in [3.05, 3.63) is 35.4 Å². The van der Waals surface area contributed by atoms with Crippen LogP contribution >= 0.6 is 0 Å². The summed E-state index contributed by atoms with van der Waals surface area (Å²) in [6.07, 6.45) is 4.45. The summed E-state index contributed by atoms with van der Waals surface area (Å²) >= 11 is 0. The molecule has 1 aromatic rings. The first kappa shape index (κ1) is 12.0. The van der Waals surface area contributed by atoms with Gasteiger partial charge in [-0.05, 0) is 44.2 Å². The molecule has 0 radical (unpaired) electrons. The number of hydrogen-bond donors (Lipinski definition) is 1. The average Bonchev–Trinajstić information content (AvgIpc) is 2.22. The molecule has 0 heterocycles. The summed E-state index contributed by atoms with van der Waals surface area (Å²) in [7, 11) is 0. The Balaban J connectivity index is 2.55. The predicted molar refractivity (Wildman–Crippen MR) is 65.3 cm³/mol. The molecular weight excluding hydrogens is 214 g/mol. The first-order valence-corrected chi connectivity index (χ1v) is 5.91. The Kier molecular flexibility index (Phi) is 2.90. The zero-order valence-electron chi connectivity index (χ0n) is 10.2. The molecule has 1 aliphatic rings. The lowest BCUT2D eigenvalue weighted by atomic mass is 9.69. The van der Waals surface area contributed by atoms with E-state index >= 15 is 0 Å². The van der Waals surface area contributed by atoms with Crippen molar-refractivity contribution in [2.24, 2.45) is 4.99 Å². The lowest BCUT2D eigenvalue weighted by Crippen LogP contribution is -2.35. The van der Waals surface area contributed by atoms with Crippen LogP contribution in [0, 0.1) is 0 Å². The molecule has 17 heavy (non-hydrogen) atoms. The zero-order valence-corrected chi connectivity index (χ0v) is 10.2. The van der Waals surface area contributed by atoms with Gasteiger partial charge in [-0.3, -0.25) is 0 Å². The minimum absolute atomic E-state index is 0.446. The van der Waals surface area contributed by atoms with E-state index in [0.717, 1.165) is 30.4 Å². The molecule has 0 spiro atoms. The second-order valence-electron chi connectivity index (χ2n) is 5.19. The van der Waals surface area contributed by atoms with Gasteiger partial charge in [-0.25, -0.2) is 4.79 Å². The van der Waals surface area contributed by atoms with Gasteiger partial charge < -0.3 is 5.11 Å². The fourth-order valence-corrected chi connectivity index (χ4v) is 2.46. The molecular formula is C14H17NO2. The summed E-state index contributed by atoms with van der Waals surface area (Å²) in [6.45, 7) is 3.51. The minimum atomic E-state index is -0.919. The van der Waals surface area contributed by atoms with Crippen LogP contribution in [-0.4, -0.2) is 11.2 Å². The molecule has 3 heteroatoms. The Morgan fingerprint density at radius 1 is 1.35 bits per heavy atom. The quantitative estimate of drug-likeness (QED) is 0.642. The normalized spacial score (nSPS) is 18.1. The Hall–Kier alpha value is -1.44. The molecule has 0 amide bonds. The third-order valence-electron chi connectivity index (χ3n) is 3.53. The molecule has 0 atom stereocenters. The van der Waals surface area contributed by atoms with Crippen LogP contribution in [0.15, 0.2) is 29.3 Å². The van der Waals surface area contributed by atoms with Gasteiger partial charge in [0.1, 0.15) is 0 Å². The standard InChI is InChI=1S/C14H17NO2/c1-13(2,17)11-6-3-4-7-12(11)14(15-10-16)8-5-9-14/h3-4,6-7,17H,5,8-9H2,1-2H3. The van der Waals surface area contributed by atoms with Crippen molar-refractivity contribution >= 4 is 6.08 Å². The Bertz CT molecular complexity index is 463. The van der Waals surface area contributed by atoms with E-state index in [9.17, 15) is 9.90 Å². The molecule has 2 rings (SSSR count). The zero-order chi connectivity index (χ0) is 12.5. The second kappa shape index (κ2) is 4.10. The van der Waals surface area contributed by atoms with Crippen molar-refractivity contribution in [1.82, 2.24) is 0 Å². The lowest BCUT2D eigenvalue weighted by molar-refractivity contribution is 0.0743. The van der Waals surface area contributed by atoms with Crippen molar-refractivity contribution in [1.29, 1.82) is 0 Å². The number of rotatable bonds is 3. The Morgan fingerprint density at radius 2 is 2.00 bits per heavy atom. The summed E-state index contributed by atoms with van der Waals surface area (Å²) in [5.74, 6) is 0. The van der Waals surface area contributed by atoms with E-state index in [1.165, 1.54) is 0 Å². The molecule has 90 valence electrons. The molecule has 1 aliphatic carbocycles. The van der Waals surface area contributed by atoms with Crippen LogP contribution in [0.2, 0.25) is 0 Å². The van der Waals surface area contributed by atoms with Crippen LogP contribution in [-0.2, 0) is 15.9 Å². The van der Waals surface area contributed by atoms with E-state index in [1.807, 2.05) is 24.3 Å². The highest BCUT2D eigenvalue weighted by molar-refractivity contribution is 5.44. The number of aliphatic hydroxyl groups is 1. The van der Waals surface area contributed by atoms with E-state index < -0.39 is 11.1 Å². The number of benzene rings is 1. The van der Waals surface area contributed by atoms with Gasteiger partial charge in [0.05, 0.1) is 11.1 Å². The van der Waals surface area contributed by atoms with Gasteiger partial charge in [-0.15, -0.1) is 0 Å². The van der Waals surface area contributed by atoms with Crippen molar-refractivity contribution in [2.75, 3.05) is 0 Å². The Labute approximate surface area is 101 Å². The molecule has 3 nitrogen and oxygen atoms in total. The second-order valence-corrected chi connectivity index (χ2v) is 5.19. The van der Waals surface area contributed by atoms with Crippen molar-refractivity contribution in [3.63, 3.8) is 0 Å². The lowest BCUT2D eigenvalue weighted by Gasteiger charge is -2.40. The number of nitrogens with zero attached hydrogens (tertiary/aromatic N) is 1. The maximum atomic E-state index is 10.6. The first-order valence-electron chi connectivity index (χ1n) is 5.91. The third kappa shape index (κ3) is 2.04. The van der Waals surface area contributed by atoms with Gasteiger partial charge in [0.25, 0.3) is 0 Å². The van der Waals surface area contributed by atoms with E-state index in [1.54, 1.807) is 19.9 Å². The van der Waals surface area contributed by atoms with Gasteiger partial charge in [-0.2, -0.15) is 4.99 Å². The van der Waals surface area contributed by atoms with E-state index in [0.29, 0.717) is 0 Å². The van der Waals surface area contributed by atoms with Crippen LogP contribution in [0.25, 0.3) is 0 Å². The van der Waals surface area contributed by atoms with E-state index in [4.69, 9.17) is 0 Å². The SMILES string of the molecule is CC(C)(O)c1ccccc1C1(N=C=O)CCC1. The molecule has 0 aliphatic heterocycles. The largest absolute Gasteiger partial charge is 0.386 e. The molecule has 1 aromatic carbocycles. The molecule has 1 saturated carbocycles. The number of aliphatic imine (C=N–C) groups is 1. The van der Waals surface area contributed by atoms with Crippen LogP contribution < -0.4 is 0 Å². The van der Waals surface area contributed by atoms with Gasteiger partial charge in [0, 0.05) is 0 Å². The maximum Gasteiger partial charge on any atom is 0.235 e. The summed E-state index contributed by atoms with van der Waals surface area (Å²) in [4.78, 5) is 14.6. The molecule has 0 bridgehead atoms. The van der Waals surface area contributed by atoms with Crippen molar-refractivity contribution in [2.45, 2.75) is 44.2 Å². The highest BCUT2D eigenvalue weighted by Gasteiger charge is 2.41. The summed E-state index contributed by atoms with van der Waals surface area (Å²) in [5, 5.41) is 10.2. The average molecular weight is 231 g/mol. The smallest absolute Gasteiger partial charge is 0.235 e. The predicted octanol–water partition coefficient (Wildman–Crippen LogP) is 2.63. The third-order valence-corrected chi connectivity index (χ3v) is 3.53. The first-order chi connectivity index (χ1) is 7.99. The molecule has 1 fully saturated rings. The van der Waals surface area contributed by atoms with Crippen molar-refractivity contribution < 1.29 is 9.90 Å². The topological polar surface area (TPSA) is 49.7 Å².